The molecule has 0 spiro atoms. The zero-order valence-corrected chi connectivity index (χ0v) is 14.9. The van der Waals surface area contributed by atoms with Crippen LogP contribution >= 0.6 is 15.9 Å². The highest BCUT2D eigenvalue weighted by Gasteiger charge is 2.12. The predicted molar refractivity (Wildman–Crippen MR) is 94.3 cm³/mol. The molecule has 5 heteroatoms. The van der Waals surface area contributed by atoms with Gasteiger partial charge < -0.3 is 10.2 Å². The van der Waals surface area contributed by atoms with E-state index in [0.29, 0.717) is 12.1 Å². The van der Waals surface area contributed by atoms with Crippen molar-refractivity contribution < 1.29 is 4.79 Å². The van der Waals surface area contributed by atoms with Crippen molar-refractivity contribution in [1.82, 2.24) is 15.2 Å². The largest absolute Gasteiger partial charge is 0.351 e. The number of carbonyl (C=O) groups is 1. The standard InChI is InChI=1S/C17H22BrN3O/c1-4-21(5-2)9-8-19-17(22)15-10-12(3)20-16-7-6-13(18)11-14(15)16/h6-7,10-11H,4-5,8-9H2,1-3H3,(H,19,22). The van der Waals surface area contributed by atoms with E-state index in [1.54, 1.807) is 0 Å². The SMILES string of the molecule is CCN(CC)CCNC(=O)c1cc(C)nc2ccc(Br)cc12. The number of nitrogens with one attached hydrogen (secondary N) is 1. The van der Waals surface area contributed by atoms with Crippen LogP contribution in [-0.4, -0.2) is 42.0 Å². The van der Waals surface area contributed by atoms with Gasteiger partial charge in [-0.25, -0.2) is 0 Å². The third-order valence-electron chi connectivity index (χ3n) is 3.75. The van der Waals surface area contributed by atoms with Gasteiger partial charge in [0.1, 0.15) is 0 Å². The Morgan fingerprint density at radius 2 is 2.00 bits per heavy atom. The Balaban J connectivity index is 2.18. The van der Waals surface area contributed by atoms with Gasteiger partial charge in [-0.05, 0) is 44.3 Å². The molecule has 0 atom stereocenters. The van der Waals surface area contributed by atoms with Crippen LogP contribution in [0.15, 0.2) is 28.7 Å². The number of aromatic nitrogens is 1. The number of rotatable bonds is 6. The summed E-state index contributed by atoms with van der Waals surface area (Å²) in [5, 5.41) is 3.89. The number of nitrogens with zero attached hydrogens (tertiary/aromatic N) is 2. The van der Waals surface area contributed by atoms with Gasteiger partial charge in [-0.15, -0.1) is 0 Å². The average molecular weight is 364 g/mol. The second-order valence-corrected chi connectivity index (χ2v) is 6.17. The Morgan fingerprint density at radius 1 is 1.27 bits per heavy atom. The summed E-state index contributed by atoms with van der Waals surface area (Å²) in [6.07, 6.45) is 0. The molecule has 1 amide bonds. The molecule has 0 aliphatic carbocycles. The number of aryl methyl sites for hydroxylation is 1. The predicted octanol–water partition coefficient (Wildman–Crippen LogP) is 3.38. The van der Waals surface area contributed by atoms with Gasteiger partial charge >= 0.3 is 0 Å². The number of pyridine rings is 1. The minimum atomic E-state index is -0.0410. The summed E-state index contributed by atoms with van der Waals surface area (Å²) in [6.45, 7) is 9.67. The summed E-state index contributed by atoms with van der Waals surface area (Å²) in [5.74, 6) is -0.0410. The maximum absolute atomic E-state index is 12.5. The summed E-state index contributed by atoms with van der Waals surface area (Å²) < 4.78 is 0.947. The first-order chi connectivity index (χ1) is 10.5. The van der Waals surface area contributed by atoms with E-state index in [1.807, 2.05) is 31.2 Å². The van der Waals surface area contributed by atoms with E-state index in [9.17, 15) is 4.79 Å². The number of hydrogen-bond donors (Lipinski definition) is 1. The molecule has 118 valence electrons. The first-order valence-electron chi connectivity index (χ1n) is 7.62. The number of benzene rings is 1. The Morgan fingerprint density at radius 3 is 2.68 bits per heavy atom. The van der Waals surface area contributed by atoms with E-state index in [-0.39, 0.29) is 5.91 Å². The maximum atomic E-state index is 12.5. The van der Waals surface area contributed by atoms with Crippen molar-refractivity contribution in [3.05, 3.63) is 40.0 Å². The first-order valence-corrected chi connectivity index (χ1v) is 8.42. The van der Waals surface area contributed by atoms with Gasteiger partial charge in [0.05, 0.1) is 11.1 Å². The van der Waals surface area contributed by atoms with Crippen molar-refractivity contribution in [3.63, 3.8) is 0 Å². The van der Waals surface area contributed by atoms with Gasteiger partial charge in [-0.3, -0.25) is 9.78 Å². The maximum Gasteiger partial charge on any atom is 0.252 e. The van der Waals surface area contributed by atoms with Crippen molar-refractivity contribution >= 4 is 32.7 Å². The van der Waals surface area contributed by atoms with Crippen LogP contribution in [0.3, 0.4) is 0 Å². The lowest BCUT2D eigenvalue weighted by molar-refractivity contribution is 0.0950. The fourth-order valence-corrected chi connectivity index (χ4v) is 2.84. The van der Waals surface area contributed by atoms with E-state index in [2.05, 4.69) is 45.0 Å². The number of hydrogen-bond acceptors (Lipinski definition) is 3. The quantitative estimate of drug-likeness (QED) is 0.855. The van der Waals surface area contributed by atoms with E-state index in [1.165, 1.54) is 0 Å². The molecule has 1 aromatic heterocycles. The molecular formula is C17H22BrN3O. The van der Waals surface area contributed by atoms with Gasteiger partial charge in [-0.1, -0.05) is 29.8 Å². The lowest BCUT2D eigenvalue weighted by Crippen LogP contribution is -2.34. The van der Waals surface area contributed by atoms with E-state index in [4.69, 9.17) is 0 Å². The van der Waals surface area contributed by atoms with Gasteiger partial charge in [0.25, 0.3) is 5.91 Å². The molecule has 1 N–H and O–H groups in total. The van der Waals surface area contributed by atoms with Crippen LogP contribution < -0.4 is 5.32 Å². The number of fused-ring (bicyclic) bond motifs is 1. The third kappa shape index (κ3) is 4.05. The summed E-state index contributed by atoms with van der Waals surface area (Å²) >= 11 is 3.46. The minimum Gasteiger partial charge on any atom is -0.351 e. The van der Waals surface area contributed by atoms with Crippen LogP contribution in [0.2, 0.25) is 0 Å². The highest BCUT2D eigenvalue weighted by Crippen LogP contribution is 2.22. The molecule has 2 aromatic rings. The van der Waals surface area contributed by atoms with Crippen LogP contribution in [0.4, 0.5) is 0 Å². The molecular weight excluding hydrogens is 342 g/mol. The molecule has 0 fully saturated rings. The van der Waals surface area contributed by atoms with Gasteiger partial charge in [-0.2, -0.15) is 0 Å². The fourth-order valence-electron chi connectivity index (χ4n) is 2.48. The van der Waals surface area contributed by atoms with Crippen LogP contribution in [0, 0.1) is 6.92 Å². The Kier molecular flexibility index (Phi) is 5.91. The number of likely N-dealkylation sites (N-methyl/N-ethyl adjacent to an activating group) is 1. The van der Waals surface area contributed by atoms with Gasteiger partial charge in [0, 0.05) is 28.6 Å². The molecule has 0 aliphatic heterocycles. The summed E-state index contributed by atoms with van der Waals surface area (Å²) in [6, 6.07) is 7.67. The average Bonchev–Trinajstić information content (AvgIpc) is 2.51. The Labute approximate surface area is 140 Å². The van der Waals surface area contributed by atoms with Gasteiger partial charge in [0.15, 0.2) is 0 Å². The number of amides is 1. The smallest absolute Gasteiger partial charge is 0.252 e. The summed E-state index contributed by atoms with van der Waals surface area (Å²) in [7, 11) is 0. The molecule has 0 bridgehead atoms. The molecule has 2 rings (SSSR count). The molecule has 0 saturated heterocycles. The zero-order chi connectivity index (χ0) is 16.1. The van der Waals surface area contributed by atoms with Gasteiger partial charge in [0.2, 0.25) is 0 Å². The molecule has 1 heterocycles. The van der Waals surface area contributed by atoms with Crippen LogP contribution in [-0.2, 0) is 0 Å². The Hall–Kier alpha value is -1.46. The van der Waals surface area contributed by atoms with Crippen LogP contribution in [0.5, 0.6) is 0 Å². The van der Waals surface area contributed by atoms with Crippen LogP contribution in [0.25, 0.3) is 10.9 Å². The third-order valence-corrected chi connectivity index (χ3v) is 4.24. The molecule has 0 unspecified atom stereocenters. The zero-order valence-electron chi connectivity index (χ0n) is 13.3. The van der Waals surface area contributed by atoms with Crippen molar-refractivity contribution in [2.75, 3.05) is 26.2 Å². The summed E-state index contributed by atoms with van der Waals surface area (Å²) in [5.41, 5.74) is 2.38. The second-order valence-electron chi connectivity index (χ2n) is 5.26. The number of halogens is 1. The topological polar surface area (TPSA) is 45.2 Å². The molecule has 0 saturated carbocycles. The fraction of sp³-hybridized carbons (Fsp3) is 0.412. The monoisotopic (exact) mass is 363 g/mol. The molecule has 1 aromatic carbocycles. The Bertz CT molecular complexity index is 668. The normalized spacial score (nSPS) is 11.1. The molecule has 0 aliphatic rings. The molecule has 4 nitrogen and oxygen atoms in total. The second kappa shape index (κ2) is 7.70. The number of carbonyl (C=O) groups excluding carboxylic acids is 1. The van der Waals surface area contributed by atoms with E-state index in [0.717, 1.165) is 40.7 Å². The summed E-state index contributed by atoms with van der Waals surface area (Å²) in [4.78, 5) is 19.3. The van der Waals surface area contributed by atoms with E-state index < -0.39 is 0 Å². The van der Waals surface area contributed by atoms with Crippen LogP contribution in [0.1, 0.15) is 29.9 Å². The lowest BCUT2D eigenvalue weighted by atomic mass is 10.1. The molecule has 0 radical (unpaired) electrons. The highest BCUT2D eigenvalue weighted by atomic mass is 79.9. The minimum absolute atomic E-state index is 0.0410. The highest BCUT2D eigenvalue weighted by molar-refractivity contribution is 9.10. The van der Waals surface area contributed by atoms with Crippen molar-refractivity contribution in [1.29, 1.82) is 0 Å². The van der Waals surface area contributed by atoms with Crippen molar-refractivity contribution in [2.24, 2.45) is 0 Å². The lowest BCUT2D eigenvalue weighted by Gasteiger charge is -2.18. The van der Waals surface area contributed by atoms with Crippen molar-refractivity contribution in [3.8, 4) is 0 Å². The van der Waals surface area contributed by atoms with E-state index >= 15 is 0 Å². The molecule has 22 heavy (non-hydrogen) atoms. The first kappa shape index (κ1) is 16.9. The van der Waals surface area contributed by atoms with Crippen molar-refractivity contribution in [2.45, 2.75) is 20.8 Å².